The number of ether oxygens (including phenoxy) is 4. The monoisotopic (exact) mass is 1260 g/mol. The van der Waals surface area contributed by atoms with Crippen LogP contribution in [0.1, 0.15) is 133 Å². The summed E-state index contributed by atoms with van der Waals surface area (Å²) in [5, 5.41) is 22.1. The first kappa shape index (κ1) is 60.5. The van der Waals surface area contributed by atoms with Crippen molar-refractivity contribution in [3.8, 4) is 56.4 Å². The minimum absolute atomic E-state index is 0.146. The van der Waals surface area contributed by atoms with E-state index in [2.05, 4.69) is 229 Å². The average molecular weight is 1260 g/mol. The van der Waals surface area contributed by atoms with Crippen molar-refractivity contribution in [2.24, 2.45) is 0 Å². The molecular formula is C88H74O8. The summed E-state index contributed by atoms with van der Waals surface area (Å²) in [6.45, 7) is 32.3. The van der Waals surface area contributed by atoms with Crippen molar-refractivity contribution >= 4 is 153 Å². The maximum atomic E-state index is 14.9. The van der Waals surface area contributed by atoms with E-state index >= 15 is 0 Å². The minimum atomic E-state index is -0.609. The number of carbonyl (C=O) groups excluding carboxylic acids is 4. The fourth-order valence-electron chi connectivity index (χ4n) is 15.8. The molecule has 0 aliphatic heterocycles. The molecule has 0 saturated heterocycles. The van der Waals surface area contributed by atoms with Crippen molar-refractivity contribution in [3.63, 3.8) is 0 Å². The van der Waals surface area contributed by atoms with Gasteiger partial charge in [-0.05, 0) is 185 Å². The molecule has 16 aromatic rings. The lowest BCUT2D eigenvalue weighted by Gasteiger charge is -2.29. The van der Waals surface area contributed by atoms with E-state index in [1.807, 2.05) is 12.1 Å². The van der Waals surface area contributed by atoms with E-state index in [1.165, 1.54) is 38.8 Å². The third-order valence-corrected chi connectivity index (χ3v) is 20.3. The van der Waals surface area contributed by atoms with Crippen LogP contribution in [0.3, 0.4) is 0 Å². The van der Waals surface area contributed by atoms with E-state index < -0.39 is 23.9 Å². The summed E-state index contributed by atoms with van der Waals surface area (Å²) >= 11 is 0. The number of hydrogen-bond donors (Lipinski definition) is 0. The van der Waals surface area contributed by atoms with Crippen molar-refractivity contribution in [2.75, 3.05) is 0 Å². The van der Waals surface area contributed by atoms with Crippen molar-refractivity contribution < 1.29 is 38.1 Å². The van der Waals surface area contributed by atoms with Crippen molar-refractivity contribution in [3.05, 3.63) is 180 Å². The van der Waals surface area contributed by atoms with Gasteiger partial charge >= 0.3 is 23.9 Å². The number of rotatable bonds is 7. The molecule has 0 N–H and O–H groups in total. The summed E-state index contributed by atoms with van der Waals surface area (Å²) < 4.78 is 27.4. The van der Waals surface area contributed by atoms with Gasteiger partial charge in [-0.25, -0.2) is 0 Å². The number of benzene rings is 16. The molecule has 0 amide bonds. The normalized spacial score (nSPS) is 13.0. The van der Waals surface area contributed by atoms with Gasteiger partial charge in [0.1, 0.15) is 23.0 Å². The molecule has 96 heavy (non-hydrogen) atoms. The Morgan fingerprint density at radius 2 is 0.417 bits per heavy atom. The Morgan fingerprint density at radius 1 is 0.229 bits per heavy atom. The van der Waals surface area contributed by atoms with Crippen LogP contribution >= 0.6 is 0 Å². The number of hydrogen-bond acceptors (Lipinski definition) is 8. The second-order valence-corrected chi connectivity index (χ2v) is 31.0. The molecule has 0 heterocycles. The summed E-state index contributed by atoms with van der Waals surface area (Å²) in [5.74, 6) is -1.41. The second-order valence-electron chi connectivity index (χ2n) is 31.0. The predicted octanol–water partition coefficient (Wildman–Crippen LogP) is 23.2. The molecule has 8 heteroatoms. The highest BCUT2D eigenvalue weighted by Crippen LogP contribution is 2.62. The first-order valence-electron chi connectivity index (χ1n) is 33.3. The fourth-order valence-corrected chi connectivity index (χ4v) is 15.8. The van der Waals surface area contributed by atoms with Crippen LogP contribution in [0.2, 0.25) is 0 Å². The lowest BCUT2D eigenvalue weighted by molar-refractivity contribution is -0.132. The summed E-state index contributed by atoms with van der Waals surface area (Å²) in [6.07, 6.45) is 0. The lowest BCUT2D eigenvalue weighted by atomic mass is 9.77. The van der Waals surface area contributed by atoms with Gasteiger partial charge in [-0.15, -0.1) is 0 Å². The average Bonchev–Trinajstić information content (AvgIpc) is 0.689. The van der Waals surface area contributed by atoms with E-state index in [4.69, 9.17) is 18.9 Å². The molecule has 0 aromatic heterocycles. The van der Waals surface area contributed by atoms with Crippen LogP contribution in [-0.4, -0.2) is 23.9 Å². The van der Waals surface area contributed by atoms with E-state index in [9.17, 15) is 19.2 Å². The molecule has 16 aromatic carbocycles. The molecular weight excluding hydrogens is 1180 g/mol. The molecule has 474 valence electrons. The molecule has 16 rings (SSSR count). The Labute approximate surface area is 557 Å². The van der Waals surface area contributed by atoms with Crippen LogP contribution in [0.15, 0.2) is 158 Å². The zero-order valence-corrected chi connectivity index (χ0v) is 57.3. The van der Waals surface area contributed by atoms with Crippen LogP contribution in [0.4, 0.5) is 0 Å². The van der Waals surface area contributed by atoms with Gasteiger partial charge in [-0.3, -0.25) is 19.2 Å². The highest BCUT2D eigenvalue weighted by molar-refractivity contribution is 6.38. The predicted molar refractivity (Wildman–Crippen MR) is 398 cm³/mol. The third-order valence-electron chi connectivity index (χ3n) is 20.3. The zero-order chi connectivity index (χ0) is 67.5. The van der Waals surface area contributed by atoms with E-state index in [0.29, 0.717) is 44.2 Å². The Balaban J connectivity index is 1.18. The van der Waals surface area contributed by atoms with Crippen molar-refractivity contribution in [1.29, 1.82) is 0 Å². The molecule has 0 unspecified atom stereocenters. The van der Waals surface area contributed by atoms with Crippen LogP contribution in [0.25, 0.3) is 163 Å². The highest BCUT2D eigenvalue weighted by atomic mass is 16.5. The molecule has 0 bridgehead atoms. The summed E-state index contributed by atoms with van der Waals surface area (Å²) in [4.78, 5) is 57.6. The minimum Gasteiger partial charge on any atom is -0.426 e. The molecule has 0 aliphatic rings. The van der Waals surface area contributed by atoms with Crippen molar-refractivity contribution in [2.45, 2.75) is 132 Å². The largest absolute Gasteiger partial charge is 0.426 e. The molecule has 0 atom stereocenters. The van der Waals surface area contributed by atoms with Gasteiger partial charge in [0.2, 0.25) is 0 Å². The molecule has 8 nitrogen and oxygen atoms in total. The number of carbonyl (C=O) groups is 4. The maximum Gasteiger partial charge on any atom is 0.308 e. The molecule has 0 spiro atoms. The van der Waals surface area contributed by atoms with Gasteiger partial charge in [0.05, 0.1) is 0 Å². The van der Waals surface area contributed by atoms with Crippen LogP contribution < -0.4 is 18.9 Å². The summed E-state index contributed by atoms with van der Waals surface area (Å²) in [5.41, 5.74) is 6.98. The fraction of sp³-hybridized carbons (Fsp3) is 0.227. The van der Waals surface area contributed by atoms with Gasteiger partial charge < -0.3 is 18.9 Å². The van der Waals surface area contributed by atoms with E-state index in [-0.39, 0.29) is 44.7 Å². The van der Waals surface area contributed by atoms with Gasteiger partial charge in [0.15, 0.2) is 0 Å². The summed E-state index contributed by atoms with van der Waals surface area (Å²) in [6, 6.07) is 56.1. The molecule has 0 aliphatic carbocycles. The maximum absolute atomic E-state index is 14.9. The SMILES string of the molecule is CC(=O)Oc1cc2ccc3cc(C(C)(C)C)cc4ccc(c1-c1c(OC(C)=O)c(-c5c(OC(C)=O)c(-c6c(OC(C)=O)cc7ccc8cc(C(C)(C)C)cc9ccc6c7c89)c6ccc7cc(C(C)(C)C)cc8ccc5c6c78)c5ccc6cc(C(C)(C)C)cc7ccc1c5c76)c2c34. The zero-order valence-electron chi connectivity index (χ0n) is 57.3. The van der Waals surface area contributed by atoms with Crippen LogP contribution in [0, 0.1) is 0 Å². The second kappa shape index (κ2) is 20.5. The third kappa shape index (κ3) is 9.15. The lowest BCUT2D eigenvalue weighted by Crippen LogP contribution is -2.12. The Kier molecular flexibility index (Phi) is 12.9. The Hall–Kier alpha value is -10.4. The Morgan fingerprint density at radius 3 is 0.635 bits per heavy atom. The molecule has 0 radical (unpaired) electrons. The van der Waals surface area contributed by atoms with E-state index in [0.717, 1.165) is 130 Å². The molecule has 0 saturated carbocycles. The van der Waals surface area contributed by atoms with Crippen LogP contribution in [-0.2, 0) is 40.8 Å². The summed E-state index contributed by atoms with van der Waals surface area (Å²) in [7, 11) is 0. The topological polar surface area (TPSA) is 105 Å². The smallest absolute Gasteiger partial charge is 0.308 e. The first-order valence-corrected chi connectivity index (χ1v) is 33.3. The van der Waals surface area contributed by atoms with E-state index in [1.54, 1.807) is 0 Å². The van der Waals surface area contributed by atoms with Gasteiger partial charge in [0, 0.05) is 61.1 Å². The quantitative estimate of drug-likeness (QED) is 0.0883. The van der Waals surface area contributed by atoms with Crippen molar-refractivity contribution in [1.82, 2.24) is 0 Å². The van der Waals surface area contributed by atoms with Gasteiger partial charge in [0.25, 0.3) is 0 Å². The van der Waals surface area contributed by atoms with Gasteiger partial charge in [-0.2, -0.15) is 0 Å². The van der Waals surface area contributed by atoms with Gasteiger partial charge in [-0.1, -0.05) is 229 Å². The Bertz CT molecular complexity index is 5660. The highest BCUT2D eigenvalue weighted by Gasteiger charge is 2.36. The standard InChI is InChI=1S/C88H74O8/c1-43(89)93-67-41-55-19-17-47-33-57(85(5,6)7)35-49-21-27-61(73(55)69(47)49)77(67)79-63-29-23-51-37-59(87(11,12)13)39-53-25-31-65(75(63)71(51)53)81(83(79)95-45(3)91)82-66-32-26-54-40-60(88(14,15)16)38-52-24-30-64(76(66)72(52)54)80(84(82)96-46(4)92)78-62-28-22-50-36-58(86(8,9)10)34-48-18-20-56(74(62)70(48)50)42-68(78)94-44(2)90/h17-42H,1-16H3. The van der Waals surface area contributed by atoms with Crippen LogP contribution in [0.5, 0.6) is 23.0 Å². The molecule has 0 fully saturated rings. The number of esters is 4. The first-order chi connectivity index (χ1) is 45.4.